The molecule has 0 saturated heterocycles. The van der Waals surface area contributed by atoms with Gasteiger partial charge < -0.3 is 19.8 Å². The van der Waals surface area contributed by atoms with Crippen LogP contribution < -0.4 is 15.4 Å². The quantitative estimate of drug-likeness (QED) is 0.207. The average molecular weight is 528 g/mol. The van der Waals surface area contributed by atoms with Crippen LogP contribution in [0.5, 0.6) is 5.75 Å². The number of aryl methyl sites for hydroxylation is 1. The first kappa shape index (κ1) is 23.6. The second-order valence-electron chi connectivity index (χ2n) is 6.26. The molecule has 3 aromatic rings. The summed E-state index contributed by atoms with van der Waals surface area (Å²) in [5, 5.41) is 6.11. The molecule has 0 atom stereocenters. The van der Waals surface area contributed by atoms with Crippen LogP contribution in [0.2, 0.25) is 0 Å². The Morgan fingerprint density at radius 3 is 2.60 bits per heavy atom. The van der Waals surface area contributed by atoms with Crippen LogP contribution in [0.1, 0.15) is 11.5 Å². The Labute approximate surface area is 190 Å². The zero-order valence-corrected chi connectivity index (χ0v) is 18.9. The van der Waals surface area contributed by atoms with Crippen LogP contribution in [0.25, 0.3) is 11.3 Å². The van der Waals surface area contributed by atoms with Crippen molar-refractivity contribution in [2.45, 2.75) is 13.5 Å². The van der Waals surface area contributed by atoms with Gasteiger partial charge in [-0.1, -0.05) is 29.8 Å². The van der Waals surface area contributed by atoms with Gasteiger partial charge in [-0.3, -0.25) is 4.99 Å². The summed E-state index contributed by atoms with van der Waals surface area (Å²) in [5.74, 6) is 0.353. The number of nitrogens with one attached hydrogen (secondary N) is 2. The van der Waals surface area contributed by atoms with Crippen LogP contribution in [-0.4, -0.2) is 31.1 Å². The Morgan fingerprint density at radius 1 is 1.13 bits per heavy atom. The number of hydrogen-bond acceptors (Lipinski definition) is 4. The second kappa shape index (κ2) is 11.5. The molecule has 0 radical (unpaired) electrons. The summed E-state index contributed by atoms with van der Waals surface area (Å²) in [6, 6.07) is 11.2. The van der Waals surface area contributed by atoms with Gasteiger partial charge in [-0.2, -0.15) is 0 Å². The third-order valence-electron chi connectivity index (χ3n) is 4.07. The highest BCUT2D eigenvalue weighted by Crippen LogP contribution is 2.20. The molecule has 1 heterocycles. The van der Waals surface area contributed by atoms with E-state index in [1.165, 1.54) is 11.6 Å². The molecule has 30 heavy (non-hydrogen) atoms. The third kappa shape index (κ3) is 6.68. The Hall–Kier alpha value is -2.69. The molecule has 0 spiro atoms. The minimum atomic E-state index is -0.735. The van der Waals surface area contributed by atoms with Gasteiger partial charge in [-0.05, 0) is 19.1 Å². The van der Waals surface area contributed by atoms with Crippen molar-refractivity contribution in [2.75, 3.05) is 20.2 Å². The van der Waals surface area contributed by atoms with Crippen molar-refractivity contribution in [2.24, 2.45) is 4.99 Å². The van der Waals surface area contributed by atoms with Crippen molar-refractivity contribution in [1.29, 1.82) is 0 Å². The van der Waals surface area contributed by atoms with E-state index < -0.39 is 11.6 Å². The molecule has 0 fully saturated rings. The summed E-state index contributed by atoms with van der Waals surface area (Å²) in [5.41, 5.74) is 2.14. The number of rotatable bonds is 7. The fourth-order valence-corrected chi connectivity index (χ4v) is 2.55. The smallest absolute Gasteiger partial charge is 0.214 e. The maximum Gasteiger partial charge on any atom is 0.214 e. The highest BCUT2D eigenvalue weighted by Gasteiger charge is 2.08. The number of ether oxygens (including phenoxy) is 1. The Balaban J connectivity index is 0.00000320. The summed E-state index contributed by atoms with van der Waals surface area (Å²) in [6.45, 7) is 2.93. The number of aromatic nitrogens is 1. The zero-order chi connectivity index (χ0) is 20.6. The zero-order valence-electron chi connectivity index (χ0n) is 16.6. The van der Waals surface area contributed by atoms with Gasteiger partial charge in [-0.15, -0.1) is 24.0 Å². The molecule has 2 N–H and O–H groups in total. The summed E-state index contributed by atoms with van der Waals surface area (Å²) < 4.78 is 37.4. The number of aliphatic imine (C=N–C) groups is 1. The number of nitrogens with zero attached hydrogens (tertiary/aromatic N) is 2. The van der Waals surface area contributed by atoms with E-state index in [-0.39, 0.29) is 36.3 Å². The Kier molecular flexibility index (Phi) is 9.03. The lowest BCUT2D eigenvalue weighted by atomic mass is 10.1. The van der Waals surface area contributed by atoms with Gasteiger partial charge in [0.15, 0.2) is 23.3 Å². The monoisotopic (exact) mass is 528 g/mol. The summed E-state index contributed by atoms with van der Waals surface area (Å²) >= 11 is 0. The minimum absolute atomic E-state index is 0. The van der Waals surface area contributed by atoms with Crippen molar-refractivity contribution >= 4 is 29.9 Å². The molecule has 0 bridgehead atoms. The average Bonchev–Trinajstić information content (AvgIpc) is 3.18. The molecule has 1 aromatic heterocycles. The van der Waals surface area contributed by atoms with Crippen molar-refractivity contribution in [3.63, 3.8) is 0 Å². The number of oxazole rings is 1. The van der Waals surface area contributed by atoms with Crippen LogP contribution >= 0.6 is 24.0 Å². The van der Waals surface area contributed by atoms with E-state index in [2.05, 4.69) is 20.6 Å². The fourth-order valence-electron chi connectivity index (χ4n) is 2.55. The van der Waals surface area contributed by atoms with E-state index in [0.717, 1.165) is 17.7 Å². The maximum atomic E-state index is 13.5. The summed E-state index contributed by atoms with van der Waals surface area (Å²) in [7, 11) is 1.63. The molecule has 3 rings (SSSR count). The normalized spacial score (nSPS) is 11.0. The van der Waals surface area contributed by atoms with Gasteiger partial charge >= 0.3 is 0 Å². The van der Waals surface area contributed by atoms with Crippen LogP contribution in [-0.2, 0) is 6.54 Å². The first-order valence-corrected chi connectivity index (χ1v) is 9.09. The van der Waals surface area contributed by atoms with Crippen molar-refractivity contribution in [3.05, 3.63) is 71.8 Å². The number of guanidine groups is 1. The van der Waals surface area contributed by atoms with E-state index in [0.29, 0.717) is 30.7 Å². The highest BCUT2D eigenvalue weighted by molar-refractivity contribution is 14.0. The summed E-state index contributed by atoms with van der Waals surface area (Å²) in [4.78, 5) is 8.36. The Morgan fingerprint density at radius 2 is 1.90 bits per heavy atom. The van der Waals surface area contributed by atoms with E-state index in [1.54, 1.807) is 13.2 Å². The molecular weight excluding hydrogens is 505 g/mol. The van der Waals surface area contributed by atoms with Crippen molar-refractivity contribution < 1.29 is 17.9 Å². The lowest BCUT2D eigenvalue weighted by molar-refractivity contribution is 0.304. The summed E-state index contributed by atoms with van der Waals surface area (Å²) in [6.07, 6.45) is 1.68. The van der Waals surface area contributed by atoms with Gasteiger partial charge in [0.2, 0.25) is 5.89 Å². The molecule has 0 saturated carbocycles. The van der Waals surface area contributed by atoms with E-state index >= 15 is 0 Å². The standard InChI is InChI=1S/C21H22F2N4O2.HI/c1-14-3-5-15(6-4-14)19-12-26-20(29-19)13-27-21(24-2)25-9-10-28-18-8-7-16(22)11-17(18)23;/h3-8,11-12H,9-10,13H2,1-2H3,(H2,24,25,27);1H. The van der Waals surface area contributed by atoms with E-state index in [4.69, 9.17) is 9.15 Å². The molecule has 2 aromatic carbocycles. The van der Waals surface area contributed by atoms with Gasteiger partial charge in [0, 0.05) is 18.7 Å². The minimum Gasteiger partial charge on any atom is -0.489 e. The first-order valence-electron chi connectivity index (χ1n) is 9.09. The van der Waals surface area contributed by atoms with Crippen molar-refractivity contribution in [3.8, 4) is 17.1 Å². The molecular formula is C21H23F2IN4O2. The Bertz CT molecular complexity index is 977. The second-order valence-corrected chi connectivity index (χ2v) is 6.26. The van der Waals surface area contributed by atoms with Gasteiger partial charge in [-0.25, -0.2) is 13.8 Å². The first-order chi connectivity index (χ1) is 14.0. The van der Waals surface area contributed by atoms with Crippen LogP contribution in [0.4, 0.5) is 8.78 Å². The number of halogens is 3. The van der Waals surface area contributed by atoms with Gasteiger partial charge in [0.1, 0.15) is 12.4 Å². The molecule has 0 aliphatic heterocycles. The van der Waals surface area contributed by atoms with Crippen molar-refractivity contribution in [1.82, 2.24) is 15.6 Å². The van der Waals surface area contributed by atoms with E-state index in [1.807, 2.05) is 31.2 Å². The number of benzene rings is 2. The molecule has 9 heteroatoms. The molecule has 160 valence electrons. The third-order valence-corrected chi connectivity index (χ3v) is 4.07. The molecule has 0 unspecified atom stereocenters. The molecule has 0 aliphatic rings. The van der Waals surface area contributed by atoms with Crippen LogP contribution in [0.3, 0.4) is 0 Å². The predicted molar refractivity (Wildman–Crippen MR) is 122 cm³/mol. The number of hydrogen-bond donors (Lipinski definition) is 2. The lowest BCUT2D eigenvalue weighted by Crippen LogP contribution is -2.39. The SMILES string of the molecule is CN=C(NCCOc1ccc(F)cc1F)NCc1ncc(-c2ccc(C)cc2)o1.I. The largest absolute Gasteiger partial charge is 0.489 e. The van der Waals surface area contributed by atoms with Crippen LogP contribution in [0.15, 0.2) is 58.1 Å². The van der Waals surface area contributed by atoms with Crippen LogP contribution in [0, 0.1) is 18.6 Å². The van der Waals surface area contributed by atoms with Gasteiger partial charge in [0.05, 0.1) is 19.3 Å². The van der Waals surface area contributed by atoms with Gasteiger partial charge in [0.25, 0.3) is 0 Å². The fraction of sp³-hybridized carbons (Fsp3) is 0.238. The van der Waals surface area contributed by atoms with E-state index in [9.17, 15) is 8.78 Å². The lowest BCUT2D eigenvalue weighted by Gasteiger charge is -2.11. The molecule has 0 amide bonds. The maximum absolute atomic E-state index is 13.5. The highest BCUT2D eigenvalue weighted by atomic mass is 127. The molecule has 6 nitrogen and oxygen atoms in total. The predicted octanol–water partition coefficient (Wildman–Crippen LogP) is 4.29. The molecule has 0 aliphatic carbocycles. The topological polar surface area (TPSA) is 71.7 Å².